The summed E-state index contributed by atoms with van der Waals surface area (Å²) in [7, 11) is 0. The van der Waals surface area contributed by atoms with Crippen LogP contribution in [-0.4, -0.2) is 5.97 Å². The van der Waals surface area contributed by atoms with Gasteiger partial charge in [-0.3, -0.25) is 4.79 Å². The maximum atomic E-state index is 13.0. The van der Waals surface area contributed by atoms with Gasteiger partial charge in [-0.25, -0.2) is 0 Å². The van der Waals surface area contributed by atoms with Crippen LogP contribution in [0.25, 0.3) is 0 Å². The van der Waals surface area contributed by atoms with Gasteiger partial charge < -0.3 is 4.74 Å². The zero-order valence-electron chi connectivity index (χ0n) is 15.5. The SMILES string of the molecule is CCCCCCc1ccc(OC(=O)[C@H]2CC[C@H](C=C(F)C#N)CC2)cc1. The molecule has 0 N–H and O–H groups in total. The van der Waals surface area contributed by atoms with Gasteiger partial charge in [0.05, 0.1) is 5.92 Å². The molecular formula is C22H28FNO2. The highest BCUT2D eigenvalue weighted by Gasteiger charge is 2.27. The highest BCUT2D eigenvalue weighted by molar-refractivity contribution is 5.75. The number of hydrogen-bond acceptors (Lipinski definition) is 3. The Morgan fingerprint density at radius 3 is 2.50 bits per heavy atom. The predicted molar refractivity (Wildman–Crippen MR) is 100 cm³/mol. The molecule has 1 aromatic carbocycles. The minimum Gasteiger partial charge on any atom is -0.426 e. The highest BCUT2D eigenvalue weighted by Crippen LogP contribution is 2.31. The topological polar surface area (TPSA) is 50.1 Å². The number of esters is 1. The molecule has 1 fully saturated rings. The third-order valence-corrected chi connectivity index (χ3v) is 5.05. The number of halogens is 1. The molecule has 0 aliphatic heterocycles. The zero-order chi connectivity index (χ0) is 18.8. The van der Waals surface area contributed by atoms with Gasteiger partial charge >= 0.3 is 5.97 Å². The molecule has 140 valence electrons. The van der Waals surface area contributed by atoms with Crippen molar-refractivity contribution < 1.29 is 13.9 Å². The minimum atomic E-state index is -0.731. The van der Waals surface area contributed by atoms with E-state index in [9.17, 15) is 9.18 Å². The van der Waals surface area contributed by atoms with Gasteiger partial charge in [0.1, 0.15) is 11.8 Å². The molecule has 0 radical (unpaired) electrons. The third kappa shape index (κ3) is 6.63. The van der Waals surface area contributed by atoms with Crippen LogP contribution in [0.5, 0.6) is 5.75 Å². The number of aryl methyl sites for hydroxylation is 1. The standard InChI is InChI=1S/C22H28FNO2/c1-2-3-4-5-6-17-9-13-21(14-10-17)26-22(25)19-11-7-18(8-12-19)15-20(23)16-24/h9-10,13-15,18-19H,2-8,11-12H2,1H3/t18-,19-. The number of nitrogens with zero attached hydrogens (tertiary/aromatic N) is 1. The molecule has 0 amide bonds. The van der Waals surface area contributed by atoms with Gasteiger partial charge in [0, 0.05) is 0 Å². The largest absolute Gasteiger partial charge is 0.426 e. The van der Waals surface area contributed by atoms with E-state index in [0.29, 0.717) is 31.4 Å². The van der Waals surface area contributed by atoms with Crippen molar-refractivity contribution in [1.82, 2.24) is 0 Å². The number of unbranched alkanes of at least 4 members (excludes halogenated alkanes) is 3. The molecular weight excluding hydrogens is 329 g/mol. The van der Waals surface area contributed by atoms with E-state index in [0.717, 1.165) is 6.42 Å². The fourth-order valence-corrected chi connectivity index (χ4v) is 3.45. The number of allylic oxidation sites excluding steroid dienone is 2. The van der Waals surface area contributed by atoms with Crippen molar-refractivity contribution in [3.05, 3.63) is 41.7 Å². The van der Waals surface area contributed by atoms with Crippen LogP contribution in [0.2, 0.25) is 0 Å². The predicted octanol–water partition coefficient (Wildman–Crippen LogP) is 5.90. The van der Waals surface area contributed by atoms with E-state index < -0.39 is 5.83 Å². The molecule has 1 saturated carbocycles. The Morgan fingerprint density at radius 2 is 1.88 bits per heavy atom. The van der Waals surface area contributed by atoms with E-state index in [-0.39, 0.29) is 17.8 Å². The Bertz CT molecular complexity index is 637. The molecule has 0 spiro atoms. The summed E-state index contributed by atoms with van der Waals surface area (Å²) >= 11 is 0. The highest BCUT2D eigenvalue weighted by atomic mass is 19.1. The molecule has 1 aliphatic rings. The number of rotatable bonds is 8. The Labute approximate surface area is 155 Å². The van der Waals surface area contributed by atoms with Crippen LogP contribution in [0.1, 0.15) is 63.9 Å². The van der Waals surface area contributed by atoms with Crippen molar-refractivity contribution >= 4 is 5.97 Å². The lowest BCUT2D eigenvalue weighted by atomic mass is 9.82. The fourth-order valence-electron chi connectivity index (χ4n) is 3.45. The summed E-state index contributed by atoms with van der Waals surface area (Å²) in [5.74, 6) is -0.441. The molecule has 3 nitrogen and oxygen atoms in total. The maximum absolute atomic E-state index is 13.0. The Hall–Kier alpha value is -2.15. The molecule has 0 aromatic heterocycles. The van der Waals surface area contributed by atoms with Crippen molar-refractivity contribution in [2.45, 2.75) is 64.7 Å². The molecule has 1 aliphatic carbocycles. The average molecular weight is 357 g/mol. The molecule has 0 unspecified atom stereocenters. The molecule has 2 rings (SSSR count). The number of hydrogen-bond donors (Lipinski definition) is 0. The molecule has 4 heteroatoms. The number of nitriles is 1. The number of carbonyl (C=O) groups excluding carboxylic acids is 1. The van der Waals surface area contributed by atoms with E-state index in [1.807, 2.05) is 24.3 Å². The number of benzene rings is 1. The van der Waals surface area contributed by atoms with E-state index in [1.165, 1.54) is 43.4 Å². The van der Waals surface area contributed by atoms with Crippen LogP contribution >= 0.6 is 0 Å². The van der Waals surface area contributed by atoms with Gasteiger partial charge in [-0.2, -0.15) is 9.65 Å². The average Bonchev–Trinajstić information content (AvgIpc) is 2.67. The van der Waals surface area contributed by atoms with Crippen LogP contribution in [0.15, 0.2) is 36.2 Å². The first-order valence-corrected chi connectivity index (χ1v) is 9.70. The van der Waals surface area contributed by atoms with Crippen LogP contribution in [0, 0.1) is 23.2 Å². The summed E-state index contributed by atoms with van der Waals surface area (Å²) in [5, 5.41) is 8.49. The molecule has 0 atom stereocenters. The minimum absolute atomic E-state index is 0.0469. The first-order chi connectivity index (χ1) is 12.6. The first-order valence-electron chi connectivity index (χ1n) is 9.70. The second kappa shape index (κ2) is 10.8. The van der Waals surface area contributed by atoms with Gasteiger partial charge in [-0.15, -0.1) is 0 Å². The third-order valence-electron chi connectivity index (χ3n) is 5.05. The maximum Gasteiger partial charge on any atom is 0.314 e. The lowest BCUT2D eigenvalue weighted by molar-refractivity contribution is -0.140. The van der Waals surface area contributed by atoms with Crippen molar-refractivity contribution in [1.29, 1.82) is 5.26 Å². The van der Waals surface area contributed by atoms with Crippen molar-refractivity contribution in [3.63, 3.8) is 0 Å². The Kier molecular flexibility index (Phi) is 8.34. The summed E-state index contributed by atoms with van der Waals surface area (Å²) < 4.78 is 18.5. The van der Waals surface area contributed by atoms with E-state index in [4.69, 9.17) is 10.00 Å². The van der Waals surface area contributed by atoms with Crippen LogP contribution < -0.4 is 4.74 Å². The Morgan fingerprint density at radius 1 is 1.19 bits per heavy atom. The van der Waals surface area contributed by atoms with Crippen LogP contribution in [0.4, 0.5) is 4.39 Å². The van der Waals surface area contributed by atoms with Gasteiger partial charge in [0.2, 0.25) is 0 Å². The van der Waals surface area contributed by atoms with Crippen molar-refractivity contribution in [2.24, 2.45) is 11.8 Å². The summed E-state index contributed by atoms with van der Waals surface area (Å²) in [5.41, 5.74) is 1.27. The monoisotopic (exact) mass is 357 g/mol. The molecule has 0 heterocycles. The number of ether oxygens (including phenoxy) is 1. The quantitative estimate of drug-likeness (QED) is 0.252. The smallest absolute Gasteiger partial charge is 0.314 e. The normalized spacial score (nSPS) is 20.4. The summed E-state index contributed by atoms with van der Waals surface area (Å²) in [6.45, 7) is 2.21. The summed E-state index contributed by atoms with van der Waals surface area (Å²) in [6, 6.07) is 9.29. The van der Waals surface area contributed by atoms with Crippen molar-refractivity contribution in [2.75, 3.05) is 0 Å². The van der Waals surface area contributed by atoms with Crippen LogP contribution in [-0.2, 0) is 11.2 Å². The summed E-state index contributed by atoms with van der Waals surface area (Å²) in [6.07, 6.45) is 10.2. The lowest BCUT2D eigenvalue weighted by Crippen LogP contribution is -2.25. The summed E-state index contributed by atoms with van der Waals surface area (Å²) in [4.78, 5) is 12.3. The van der Waals surface area contributed by atoms with Gasteiger partial charge in [0.15, 0.2) is 5.83 Å². The Balaban J connectivity index is 1.77. The second-order valence-electron chi connectivity index (χ2n) is 7.11. The van der Waals surface area contributed by atoms with Gasteiger partial charge in [-0.1, -0.05) is 38.3 Å². The molecule has 26 heavy (non-hydrogen) atoms. The number of carbonyl (C=O) groups is 1. The lowest BCUT2D eigenvalue weighted by Gasteiger charge is -2.25. The second-order valence-corrected chi connectivity index (χ2v) is 7.11. The molecule has 0 bridgehead atoms. The van der Waals surface area contributed by atoms with E-state index >= 15 is 0 Å². The first kappa shape index (κ1) is 20.2. The zero-order valence-corrected chi connectivity index (χ0v) is 15.5. The molecule has 0 saturated heterocycles. The van der Waals surface area contributed by atoms with Gasteiger partial charge in [-0.05, 0) is 68.2 Å². The van der Waals surface area contributed by atoms with E-state index in [1.54, 1.807) is 0 Å². The van der Waals surface area contributed by atoms with E-state index in [2.05, 4.69) is 6.92 Å². The molecule has 1 aromatic rings. The van der Waals surface area contributed by atoms with Gasteiger partial charge in [0.25, 0.3) is 0 Å². The van der Waals surface area contributed by atoms with Crippen LogP contribution in [0.3, 0.4) is 0 Å². The fraction of sp³-hybridized carbons (Fsp3) is 0.545. The van der Waals surface area contributed by atoms with Crippen molar-refractivity contribution in [3.8, 4) is 11.8 Å².